The van der Waals surface area contributed by atoms with Gasteiger partial charge in [0.1, 0.15) is 0 Å². The van der Waals surface area contributed by atoms with Gasteiger partial charge in [0.15, 0.2) is 6.61 Å². The summed E-state index contributed by atoms with van der Waals surface area (Å²) in [5, 5.41) is 12.6. The maximum atomic E-state index is 13.2. The quantitative estimate of drug-likeness (QED) is 0.253. The molecule has 0 fully saturated rings. The monoisotopic (exact) mass is 485 g/mol. The molecule has 0 heterocycles. The van der Waals surface area contributed by atoms with Gasteiger partial charge < -0.3 is 10.1 Å². The van der Waals surface area contributed by atoms with Crippen molar-refractivity contribution in [1.29, 1.82) is 0 Å². The van der Waals surface area contributed by atoms with Crippen LogP contribution < -0.4 is 10.0 Å². The van der Waals surface area contributed by atoms with E-state index in [2.05, 4.69) is 10.6 Å². The van der Waals surface area contributed by atoms with Gasteiger partial charge in [0, 0.05) is 12.1 Å². The van der Waals surface area contributed by atoms with Gasteiger partial charge in [-0.1, -0.05) is 12.0 Å². The van der Waals surface area contributed by atoms with Gasteiger partial charge in [-0.15, -0.1) is 6.42 Å². The molecule has 0 aromatic heterocycles. The van der Waals surface area contributed by atoms with Crippen LogP contribution in [0.4, 0.5) is 24.5 Å². The second-order valence-corrected chi connectivity index (χ2v) is 7.93. The standard InChI is InChI=1S/C19H14F3N3O7S/c1-2-8-23-33(30,31)14-5-3-4-12(9-14)18(27)32-11-17(26)24-16-7-6-13(25(28)29)10-15(16)19(20,21)22/h1,3-7,9-10,23H,8,11H2,(H,24,26). The van der Waals surface area contributed by atoms with Gasteiger partial charge in [-0.25, -0.2) is 13.2 Å². The molecule has 0 saturated carbocycles. The van der Waals surface area contributed by atoms with E-state index in [-0.39, 0.29) is 23.1 Å². The molecule has 0 saturated heterocycles. The molecule has 1 amide bonds. The van der Waals surface area contributed by atoms with Crippen LogP contribution in [0.5, 0.6) is 0 Å². The first-order chi connectivity index (χ1) is 15.3. The topological polar surface area (TPSA) is 145 Å². The van der Waals surface area contributed by atoms with E-state index in [4.69, 9.17) is 11.2 Å². The van der Waals surface area contributed by atoms with Crippen LogP contribution in [0.25, 0.3) is 0 Å². The van der Waals surface area contributed by atoms with Crippen LogP contribution in [0.3, 0.4) is 0 Å². The van der Waals surface area contributed by atoms with Gasteiger partial charge in [0.2, 0.25) is 10.0 Å². The van der Waals surface area contributed by atoms with Gasteiger partial charge in [-0.05, 0) is 24.3 Å². The summed E-state index contributed by atoms with van der Waals surface area (Å²) < 4.78 is 70.4. The van der Waals surface area contributed by atoms with Crippen LogP contribution >= 0.6 is 0 Å². The zero-order valence-corrected chi connectivity index (χ0v) is 17.2. The summed E-state index contributed by atoms with van der Waals surface area (Å²) in [4.78, 5) is 33.5. The number of carbonyl (C=O) groups is 2. The first kappa shape index (κ1) is 25.3. The number of terminal acetylenes is 1. The van der Waals surface area contributed by atoms with E-state index in [1.807, 2.05) is 5.32 Å². The number of rotatable bonds is 8. The number of ether oxygens (including phenoxy) is 1. The minimum atomic E-state index is -5.01. The molecule has 0 spiro atoms. The number of halogens is 3. The smallest absolute Gasteiger partial charge is 0.418 e. The third kappa shape index (κ3) is 6.76. The molecule has 0 bridgehead atoms. The second kappa shape index (κ2) is 10.1. The Kier molecular flexibility index (Phi) is 7.75. The van der Waals surface area contributed by atoms with E-state index >= 15 is 0 Å². The maximum absolute atomic E-state index is 13.2. The normalized spacial score (nSPS) is 11.3. The molecule has 0 unspecified atom stereocenters. The van der Waals surface area contributed by atoms with Crippen molar-refractivity contribution in [3.05, 3.63) is 63.7 Å². The van der Waals surface area contributed by atoms with Crippen molar-refractivity contribution in [2.24, 2.45) is 0 Å². The number of non-ortho nitro benzene ring substituents is 1. The zero-order chi connectivity index (χ0) is 24.8. The molecule has 14 heteroatoms. The van der Waals surface area contributed by atoms with Crippen molar-refractivity contribution < 1.29 is 40.8 Å². The Morgan fingerprint density at radius 3 is 2.48 bits per heavy atom. The molecule has 0 aliphatic carbocycles. The maximum Gasteiger partial charge on any atom is 0.418 e. The van der Waals surface area contributed by atoms with E-state index in [0.717, 1.165) is 12.1 Å². The van der Waals surface area contributed by atoms with Crippen molar-refractivity contribution in [3.8, 4) is 12.3 Å². The lowest BCUT2D eigenvalue weighted by atomic mass is 10.1. The Balaban J connectivity index is 2.11. The number of nitro benzene ring substituents is 1. The molecular weight excluding hydrogens is 471 g/mol. The number of amides is 1. The number of sulfonamides is 1. The second-order valence-electron chi connectivity index (χ2n) is 6.17. The lowest BCUT2D eigenvalue weighted by Crippen LogP contribution is -2.25. The largest absolute Gasteiger partial charge is 0.452 e. The fourth-order valence-electron chi connectivity index (χ4n) is 2.40. The molecular formula is C19H14F3N3O7S. The SMILES string of the molecule is C#CCNS(=O)(=O)c1cccc(C(=O)OCC(=O)Nc2ccc([N+](=O)[O-])cc2C(F)(F)F)c1. The molecule has 0 radical (unpaired) electrons. The molecule has 2 N–H and O–H groups in total. The Bertz CT molecular complexity index is 1240. The summed E-state index contributed by atoms with van der Waals surface area (Å²) in [7, 11) is -4.01. The number of nitrogens with one attached hydrogen (secondary N) is 2. The van der Waals surface area contributed by atoms with Gasteiger partial charge in [0.25, 0.3) is 11.6 Å². The Morgan fingerprint density at radius 1 is 1.18 bits per heavy atom. The number of nitrogens with zero attached hydrogens (tertiary/aromatic N) is 1. The minimum absolute atomic E-state index is 0.252. The highest BCUT2D eigenvalue weighted by molar-refractivity contribution is 7.89. The summed E-state index contributed by atoms with van der Waals surface area (Å²) >= 11 is 0. The average molecular weight is 485 g/mol. The fraction of sp³-hybridized carbons (Fsp3) is 0.158. The molecule has 33 heavy (non-hydrogen) atoms. The lowest BCUT2D eigenvalue weighted by molar-refractivity contribution is -0.385. The molecule has 10 nitrogen and oxygen atoms in total. The Morgan fingerprint density at radius 2 is 1.88 bits per heavy atom. The highest BCUT2D eigenvalue weighted by atomic mass is 32.2. The van der Waals surface area contributed by atoms with Gasteiger partial charge in [0.05, 0.1) is 33.2 Å². The zero-order valence-electron chi connectivity index (χ0n) is 16.4. The number of benzene rings is 2. The van der Waals surface area contributed by atoms with Crippen LogP contribution in [0.15, 0.2) is 47.4 Å². The van der Waals surface area contributed by atoms with Gasteiger partial charge in [-0.2, -0.15) is 17.9 Å². The summed E-state index contributed by atoms with van der Waals surface area (Å²) in [6.07, 6.45) is -0.0218. The number of hydrogen-bond donors (Lipinski definition) is 2. The summed E-state index contributed by atoms with van der Waals surface area (Å²) in [5.74, 6) is -0.215. The number of alkyl halides is 3. The Hall–Kier alpha value is -3.96. The highest BCUT2D eigenvalue weighted by Gasteiger charge is 2.35. The minimum Gasteiger partial charge on any atom is -0.452 e. The van der Waals surface area contributed by atoms with Crippen molar-refractivity contribution in [2.75, 3.05) is 18.5 Å². The van der Waals surface area contributed by atoms with Crippen molar-refractivity contribution in [2.45, 2.75) is 11.1 Å². The van der Waals surface area contributed by atoms with Crippen molar-refractivity contribution >= 4 is 33.3 Å². The summed E-state index contributed by atoms with van der Waals surface area (Å²) in [6, 6.07) is 6.26. The van der Waals surface area contributed by atoms with Gasteiger partial charge >= 0.3 is 12.1 Å². The number of anilines is 1. The van der Waals surface area contributed by atoms with Crippen molar-refractivity contribution in [3.63, 3.8) is 0 Å². The predicted octanol–water partition coefficient (Wildman–Crippen LogP) is 2.32. The van der Waals surface area contributed by atoms with Crippen LogP contribution in [0.2, 0.25) is 0 Å². The van der Waals surface area contributed by atoms with Gasteiger partial charge in [-0.3, -0.25) is 14.9 Å². The number of carbonyl (C=O) groups excluding carboxylic acids is 2. The summed E-state index contributed by atoms with van der Waals surface area (Å²) in [5.41, 5.74) is -3.33. The molecule has 2 aromatic carbocycles. The van der Waals surface area contributed by atoms with E-state index in [9.17, 15) is 41.3 Å². The predicted molar refractivity (Wildman–Crippen MR) is 107 cm³/mol. The molecule has 174 valence electrons. The average Bonchev–Trinajstić information content (AvgIpc) is 2.75. The third-order valence-electron chi connectivity index (χ3n) is 3.87. The lowest BCUT2D eigenvalue weighted by Gasteiger charge is -2.13. The van der Waals surface area contributed by atoms with E-state index < -0.39 is 56.5 Å². The molecule has 0 aliphatic heterocycles. The third-order valence-corrected chi connectivity index (χ3v) is 5.27. The molecule has 2 aromatic rings. The fourth-order valence-corrected chi connectivity index (χ4v) is 3.38. The van der Waals surface area contributed by atoms with Crippen LogP contribution in [0, 0.1) is 22.5 Å². The van der Waals surface area contributed by atoms with E-state index in [1.54, 1.807) is 0 Å². The molecule has 0 atom stereocenters. The first-order valence-electron chi connectivity index (χ1n) is 8.71. The van der Waals surface area contributed by atoms with Crippen molar-refractivity contribution in [1.82, 2.24) is 4.72 Å². The van der Waals surface area contributed by atoms with E-state index in [0.29, 0.717) is 6.07 Å². The highest BCUT2D eigenvalue weighted by Crippen LogP contribution is 2.37. The number of esters is 1. The molecule has 2 rings (SSSR count). The Labute approximate surface area is 184 Å². The summed E-state index contributed by atoms with van der Waals surface area (Å²) in [6.45, 7) is -1.31. The number of nitro groups is 1. The van der Waals surface area contributed by atoms with Crippen LogP contribution in [-0.2, 0) is 25.7 Å². The van der Waals surface area contributed by atoms with Crippen LogP contribution in [0.1, 0.15) is 15.9 Å². The molecule has 0 aliphatic rings. The van der Waals surface area contributed by atoms with Crippen LogP contribution in [-0.4, -0.2) is 38.4 Å². The first-order valence-corrected chi connectivity index (χ1v) is 10.2. The number of hydrogen-bond acceptors (Lipinski definition) is 7. The van der Waals surface area contributed by atoms with E-state index in [1.165, 1.54) is 18.2 Å².